The number of anilines is 1. The van der Waals surface area contributed by atoms with Crippen LogP contribution in [0.2, 0.25) is 0 Å². The molecule has 2 heterocycles. The number of aliphatic carboxylic acids is 1. The van der Waals surface area contributed by atoms with Crippen LogP contribution in [0.4, 0.5) is 5.69 Å². The number of nitrogens with zero attached hydrogens (tertiary/aromatic N) is 3. The second-order valence-corrected chi connectivity index (χ2v) is 10.8. The maximum absolute atomic E-state index is 13.0. The molecule has 0 saturated carbocycles. The molecule has 1 aromatic heterocycles. The fraction of sp³-hybridized carbons (Fsp3) is 0.294. The van der Waals surface area contributed by atoms with E-state index in [1.54, 1.807) is 6.92 Å². The van der Waals surface area contributed by atoms with E-state index in [1.165, 1.54) is 5.69 Å². The second-order valence-electron chi connectivity index (χ2n) is 10.8. The number of rotatable bonds is 11. The van der Waals surface area contributed by atoms with Gasteiger partial charge in [-0.3, -0.25) is 9.59 Å². The molecular weight excluding hydrogens is 544 g/mol. The zero-order valence-electron chi connectivity index (χ0n) is 24.2. The molecule has 1 aliphatic rings. The first kappa shape index (κ1) is 29.7. The van der Waals surface area contributed by atoms with E-state index >= 15 is 0 Å². The Morgan fingerprint density at radius 2 is 1.56 bits per heavy atom. The van der Waals surface area contributed by atoms with E-state index in [-0.39, 0.29) is 24.7 Å². The van der Waals surface area contributed by atoms with Crippen molar-refractivity contribution < 1.29 is 24.5 Å². The molecule has 0 unspecified atom stereocenters. The third-order valence-electron chi connectivity index (χ3n) is 7.71. The van der Waals surface area contributed by atoms with E-state index < -0.39 is 18.4 Å². The Kier molecular flexibility index (Phi) is 9.63. The zero-order valence-corrected chi connectivity index (χ0v) is 24.2. The predicted molar refractivity (Wildman–Crippen MR) is 164 cm³/mol. The van der Waals surface area contributed by atoms with Gasteiger partial charge in [0, 0.05) is 25.2 Å². The monoisotopic (exact) mass is 580 g/mol. The van der Waals surface area contributed by atoms with Gasteiger partial charge in [-0.1, -0.05) is 66.7 Å². The molecule has 0 atom stereocenters. The molecule has 43 heavy (non-hydrogen) atoms. The first-order chi connectivity index (χ1) is 20.9. The van der Waals surface area contributed by atoms with Gasteiger partial charge in [-0.05, 0) is 60.1 Å². The standard InChI is InChI=1S/C34H36N4O5/c1-23-33(43-22-26-5-3-2-4-6-26)32(34(42)35-20-31(40)41)37-30(36-23)19-24-15-17-38(18-16-24)29-13-11-28(12-14-29)27-9-7-25(21-39)8-10-27/h2-14,24,39H,15-22H2,1H3,(H,35,42)(H,40,41). The van der Waals surface area contributed by atoms with Gasteiger partial charge in [0.05, 0.1) is 12.3 Å². The Morgan fingerprint density at radius 1 is 0.907 bits per heavy atom. The lowest BCUT2D eigenvalue weighted by molar-refractivity contribution is -0.135. The first-order valence-electron chi connectivity index (χ1n) is 14.5. The lowest BCUT2D eigenvalue weighted by Gasteiger charge is -2.33. The lowest BCUT2D eigenvalue weighted by atomic mass is 9.92. The van der Waals surface area contributed by atoms with Crippen LogP contribution in [-0.4, -0.2) is 51.7 Å². The molecule has 4 aromatic rings. The SMILES string of the molecule is Cc1nc(CC2CCN(c3ccc(-c4ccc(CO)cc4)cc3)CC2)nc(C(=O)NCC(=O)O)c1OCc1ccccc1. The van der Waals surface area contributed by atoms with Crippen molar-refractivity contribution in [3.05, 3.63) is 107 Å². The summed E-state index contributed by atoms with van der Waals surface area (Å²) in [5.41, 5.74) is 5.86. The number of carbonyl (C=O) groups excluding carboxylic acids is 1. The highest BCUT2D eigenvalue weighted by Gasteiger charge is 2.24. The van der Waals surface area contributed by atoms with Crippen LogP contribution in [0.25, 0.3) is 11.1 Å². The molecule has 9 heteroatoms. The van der Waals surface area contributed by atoms with Gasteiger partial charge in [0.2, 0.25) is 0 Å². The Morgan fingerprint density at radius 3 is 2.19 bits per heavy atom. The summed E-state index contributed by atoms with van der Waals surface area (Å²) < 4.78 is 5.99. The summed E-state index contributed by atoms with van der Waals surface area (Å²) >= 11 is 0. The minimum Gasteiger partial charge on any atom is -0.485 e. The molecule has 0 aliphatic carbocycles. The molecule has 3 N–H and O–H groups in total. The van der Waals surface area contributed by atoms with Crippen molar-refractivity contribution in [1.29, 1.82) is 0 Å². The number of aliphatic hydroxyl groups is 1. The quantitative estimate of drug-likeness (QED) is 0.231. The highest BCUT2D eigenvalue weighted by atomic mass is 16.5. The third-order valence-corrected chi connectivity index (χ3v) is 7.71. The van der Waals surface area contributed by atoms with Crippen LogP contribution < -0.4 is 15.0 Å². The van der Waals surface area contributed by atoms with Crippen molar-refractivity contribution >= 4 is 17.6 Å². The van der Waals surface area contributed by atoms with Crippen LogP contribution in [0.3, 0.4) is 0 Å². The van der Waals surface area contributed by atoms with E-state index in [2.05, 4.69) is 44.5 Å². The summed E-state index contributed by atoms with van der Waals surface area (Å²) in [5, 5.41) is 20.7. The molecule has 1 aliphatic heterocycles. The van der Waals surface area contributed by atoms with Crippen LogP contribution in [0.15, 0.2) is 78.9 Å². The molecule has 9 nitrogen and oxygen atoms in total. The topological polar surface area (TPSA) is 125 Å². The van der Waals surface area contributed by atoms with Gasteiger partial charge in [-0.15, -0.1) is 0 Å². The van der Waals surface area contributed by atoms with Gasteiger partial charge in [-0.25, -0.2) is 9.97 Å². The van der Waals surface area contributed by atoms with E-state index in [1.807, 2.05) is 54.6 Å². The highest BCUT2D eigenvalue weighted by Crippen LogP contribution is 2.29. The molecule has 0 spiro atoms. The van der Waals surface area contributed by atoms with Crippen LogP contribution >= 0.6 is 0 Å². The molecule has 0 radical (unpaired) electrons. The molecule has 1 saturated heterocycles. The number of nitrogens with one attached hydrogen (secondary N) is 1. The van der Waals surface area contributed by atoms with Crippen molar-refractivity contribution in [2.45, 2.75) is 39.4 Å². The van der Waals surface area contributed by atoms with Gasteiger partial charge in [0.15, 0.2) is 11.4 Å². The fourth-order valence-electron chi connectivity index (χ4n) is 5.33. The molecule has 3 aromatic carbocycles. The number of carboxylic acid groups (broad SMARTS) is 1. The van der Waals surface area contributed by atoms with Crippen molar-refractivity contribution in [3.8, 4) is 16.9 Å². The fourth-order valence-corrected chi connectivity index (χ4v) is 5.33. The molecule has 222 valence electrons. The van der Waals surface area contributed by atoms with Crippen molar-refractivity contribution in [2.24, 2.45) is 5.92 Å². The number of ether oxygens (including phenoxy) is 1. The average Bonchev–Trinajstić information content (AvgIpc) is 3.04. The minimum atomic E-state index is -1.13. The van der Waals surface area contributed by atoms with Crippen LogP contribution in [0.5, 0.6) is 5.75 Å². The highest BCUT2D eigenvalue weighted by molar-refractivity contribution is 5.96. The maximum atomic E-state index is 13.0. The predicted octanol–water partition coefficient (Wildman–Crippen LogP) is 4.80. The van der Waals surface area contributed by atoms with Crippen LogP contribution in [0, 0.1) is 12.8 Å². The number of carbonyl (C=O) groups is 2. The third kappa shape index (κ3) is 7.75. The summed E-state index contributed by atoms with van der Waals surface area (Å²) in [7, 11) is 0. The first-order valence-corrected chi connectivity index (χ1v) is 14.5. The average molecular weight is 581 g/mol. The molecule has 5 rings (SSSR count). The summed E-state index contributed by atoms with van der Waals surface area (Å²) in [6.45, 7) is 3.35. The van der Waals surface area contributed by atoms with E-state index in [0.717, 1.165) is 48.2 Å². The number of benzene rings is 3. The molecule has 1 fully saturated rings. The van der Waals surface area contributed by atoms with Crippen LogP contribution in [-0.2, 0) is 24.4 Å². The maximum Gasteiger partial charge on any atom is 0.322 e. The molecule has 0 bridgehead atoms. The van der Waals surface area contributed by atoms with Gasteiger partial charge in [-0.2, -0.15) is 0 Å². The number of hydrogen-bond acceptors (Lipinski definition) is 7. The molecular formula is C34H36N4O5. The molecule has 1 amide bonds. The number of aliphatic hydroxyl groups excluding tert-OH is 1. The Balaban J connectivity index is 1.23. The summed E-state index contributed by atoms with van der Waals surface area (Å²) in [4.78, 5) is 35.7. The second kappa shape index (κ2) is 13.9. The Labute approximate surface area is 251 Å². The number of carboxylic acids is 1. The number of aryl methyl sites for hydroxylation is 1. The summed E-state index contributed by atoms with van der Waals surface area (Å²) in [6.07, 6.45) is 2.54. The largest absolute Gasteiger partial charge is 0.485 e. The van der Waals surface area contributed by atoms with E-state index in [9.17, 15) is 14.7 Å². The van der Waals surface area contributed by atoms with Crippen molar-refractivity contribution in [3.63, 3.8) is 0 Å². The van der Waals surface area contributed by atoms with E-state index in [4.69, 9.17) is 9.84 Å². The van der Waals surface area contributed by atoms with Gasteiger partial charge in [0.1, 0.15) is 19.0 Å². The van der Waals surface area contributed by atoms with E-state index in [0.29, 0.717) is 23.9 Å². The number of piperidine rings is 1. The Hall–Kier alpha value is -4.76. The number of aromatic nitrogens is 2. The summed E-state index contributed by atoms with van der Waals surface area (Å²) in [6, 6.07) is 26.1. The van der Waals surface area contributed by atoms with Gasteiger partial charge < -0.3 is 25.2 Å². The summed E-state index contributed by atoms with van der Waals surface area (Å²) in [5.74, 6) is -0.562. The normalized spacial score (nSPS) is 13.5. The van der Waals surface area contributed by atoms with Crippen LogP contribution in [0.1, 0.15) is 46.0 Å². The van der Waals surface area contributed by atoms with Gasteiger partial charge in [0.25, 0.3) is 5.91 Å². The minimum absolute atomic E-state index is 0.0403. The van der Waals surface area contributed by atoms with Crippen molar-refractivity contribution in [1.82, 2.24) is 15.3 Å². The number of amides is 1. The smallest absolute Gasteiger partial charge is 0.322 e. The number of hydrogen-bond donors (Lipinski definition) is 3. The zero-order chi connectivity index (χ0) is 30.2. The van der Waals surface area contributed by atoms with Gasteiger partial charge >= 0.3 is 5.97 Å². The Bertz CT molecular complexity index is 1530. The van der Waals surface area contributed by atoms with Crippen molar-refractivity contribution in [2.75, 3.05) is 24.5 Å². The lowest BCUT2D eigenvalue weighted by Crippen LogP contribution is -2.34.